The zero-order chi connectivity index (χ0) is 16.3. The number of carbonyl (C=O) groups is 1. The van der Waals surface area contributed by atoms with E-state index in [1.165, 1.54) is 0 Å². The highest BCUT2D eigenvalue weighted by Crippen LogP contribution is 2.36. The second kappa shape index (κ2) is 6.73. The molecule has 1 aliphatic heterocycles. The number of hydrogen-bond acceptors (Lipinski definition) is 2. The molecule has 0 unspecified atom stereocenters. The molecule has 2 aromatic carbocycles. The fraction of sp³-hybridized carbons (Fsp3) is 0.316. The molecular formula is C19H20ClNO2. The van der Waals surface area contributed by atoms with Crippen LogP contribution in [0.3, 0.4) is 0 Å². The van der Waals surface area contributed by atoms with Gasteiger partial charge in [0, 0.05) is 11.6 Å². The monoisotopic (exact) mass is 329 g/mol. The van der Waals surface area contributed by atoms with Crippen LogP contribution in [0.5, 0.6) is 0 Å². The first kappa shape index (κ1) is 16.0. The maximum absolute atomic E-state index is 12.0. The van der Waals surface area contributed by atoms with Crippen molar-refractivity contribution in [2.75, 3.05) is 13.1 Å². The Morgan fingerprint density at radius 2 is 1.65 bits per heavy atom. The normalized spacial score (nSPS) is 17.8. The lowest BCUT2D eigenvalue weighted by Gasteiger charge is -2.39. The molecule has 0 atom stereocenters. The molecule has 4 heteroatoms. The van der Waals surface area contributed by atoms with Crippen LogP contribution in [-0.4, -0.2) is 29.1 Å². The fourth-order valence-electron chi connectivity index (χ4n) is 3.34. The molecule has 0 saturated carbocycles. The number of likely N-dealkylation sites (tertiary alicyclic amines) is 1. The van der Waals surface area contributed by atoms with Crippen molar-refractivity contribution in [3.63, 3.8) is 0 Å². The number of nitrogens with zero attached hydrogens (tertiary/aromatic N) is 1. The summed E-state index contributed by atoms with van der Waals surface area (Å²) in [7, 11) is 0. The molecule has 23 heavy (non-hydrogen) atoms. The van der Waals surface area contributed by atoms with Gasteiger partial charge in [-0.25, -0.2) is 0 Å². The van der Waals surface area contributed by atoms with Crippen LogP contribution in [0.25, 0.3) is 0 Å². The molecule has 0 bridgehead atoms. The van der Waals surface area contributed by atoms with Crippen molar-refractivity contribution in [1.82, 2.24) is 4.90 Å². The van der Waals surface area contributed by atoms with Crippen molar-refractivity contribution in [1.29, 1.82) is 0 Å². The first-order valence-corrected chi connectivity index (χ1v) is 8.24. The van der Waals surface area contributed by atoms with Gasteiger partial charge in [-0.3, -0.25) is 9.69 Å². The Morgan fingerprint density at radius 3 is 2.26 bits per heavy atom. The van der Waals surface area contributed by atoms with E-state index < -0.39 is 11.4 Å². The molecule has 0 aromatic heterocycles. The summed E-state index contributed by atoms with van der Waals surface area (Å²) in [5.74, 6) is -0.721. The summed E-state index contributed by atoms with van der Waals surface area (Å²) < 4.78 is 0. The highest BCUT2D eigenvalue weighted by Gasteiger charge is 2.42. The third kappa shape index (κ3) is 3.26. The molecular weight excluding hydrogens is 310 g/mol. The Labute approximate surface area is 141 Å². The van der Waals surface area contributed by atoms with E-state index in [-0.39, 0.29) is 0 Å². The molecule has 1 N–H and O–H groups in total. The molecule has 3 nitrogen and oxygen atoms in total. The summed E-state index contributed by atoms with van der Waals surface area (Å²) in [5.41, 5.74) is 1.24. The van der Waals surface area contributed by atoms with E-state index in [4.69, 9.17) is 11.6 Å². The van der Waals surface area contributed by atoms with Crippen LogP contribution in [-0.2, 0) is 16.8 Å². The van der Waals surface area contributed by atoms with Gasteiger partial charge in [-0.15, -0.1) is 0 Å². The quantitative estimate of drug-likeness (QED) is 0.923. The number of carboxylic acid groups (broad SMARTS) is 1. The van der Waals surface area contributed by atoms with E-state index in [2.05, 4.69) is 4.90 Å². The molecule has 1 saturated heterocycles. The molecule has 0 spiro atoms. The minimum atomic E-state index is -0.766. The van der Waals surface area contributed by atoms with Crippen LogP contribution in [0.15, 0.2) is 54.6 Å². The Morgan fingerprint density at radius 1 is 1.04 bits per heavy atom. The van der Waals surface area contributed by atoms with Crippen molar-refractivity contribution in [3.05, 3.63) is 70.7 Å². The number of piperidine rings is 1. The Balaban J connectivity index is 1.74. The maximum atomic E-state index is 12.0. The number of halogens is 1. The highest BCUT2D eigenvalue weighted by atomic mass is 35.5. The molecule has 0 aliphatic carbocycles. The van der Waals surface area contributed by atoms with E-state index >= 15 is 0 Å². The predicted octanol–water partition coefficient (Wildman–Crippen LogP) is 3.96. The summed E-state index contributed by atoms with van der Waals surface area (Å²) in [6.07, 6.45) is 1.24. The SMILES string of the molecule is O=C(O)C1(c2ccccc2)CCN(Cc2ccccc2Cl)CC1. The van der Waals surface area contributed by atoms with Crippen molar-refractivity contribution >= 4 is 17.6 Å². The Kier molecular flexibility index (Phi) is 4.69. The third-order valence-corrected chi connectivity index (χ3v) is 5.17. The number of hydrogen-bond donors (Lipinski definition) is 1. The lowest BCUT2D eigenvalue weighted by molar-refractivity contribution is -0.146. The summed E-state index contributed by atoms with van der Waals surface area (Å²) in [6, 6.07) is 17.4. The van der Waals surface area contributed by atoms with Crippen LogP contribution in [0.1, 0.15) is 24.0 Å². The summed E-state index contributed by atoms with van der Waals surface area (Å²) in [4.78, 5) is 14.2. The molecule has 120 valence electrons. The lowest BCUT2D eigenvalue weighted by Crippen LogP contribution is -2.47. The van der Waals surface area contributed by atoms with Crippen molar-refractivity contribution < 1.29 is 9.90 Å². The number of benzene rings is 2. The van der Waals surface area contributed by atoms with Crippen molar-refractivity contribution in [3.8, 4) is 0 Å². The van der Waals surface area contributed by atoms with E-state index in [1.54, 1.807) is 0 Å². The number of rotatable bonds is 4. The number of carboxylic acids is 1. The van der Waals surface area contributed by atoms with Crippen LogP contribution in [0.4, 0.5) is 0 Å². The van der Waals surface area contributed by atoms with E-state index in [1.807, 2.05) is 54.6 Å². The second-order valence-electron chi connectivity index (χ2n) is 6.12. The van der Waals surface area contributed by atoms with Crippen LogP contribution in [0.2, 0.25) is 5.02 Å². The maximum Gasteiger partial charge on any atom is 0.314 e. The van der Waals surface area contributed by atoms with Crippen LogP contribution in [0, 0.1) is 0 Å². The molecule has 1 heterocycles. The predicted molar refractivity (Wildman–Crippen MR) is 91.7 cm³/mol. The van der Waals surface area contributed by atoms with E-state index in [0.29, 0.717) is 12.8 Å². The Hall–Kier alpha value is -1.84. The van der Waals surface area contributed by atoms with Crippen LogP contribution >= 0.6 is 11.6 Å². The summed E-state index contributed by atoms with van der Waals surface area (Å²) in [5, 5.41) is 10.6. The molecule has 1 fully saturated rings. The molecule has 3 rings (SSSR count). The molecule has 0 amide bonds. The van der Waals surface area contributed by atoms with Gasteiger partial charge in [-0.1, -0.05) is 60.1 Å². The van der Waals surface area contributed by atoms with E-state index in [9.17, 15) is 9.90 Å². The average Bonchev–Trinajstić information content (AvgIpc) is 2.58. The van der Waals surface area contributed by atoms with Gasteiger partial charge in [-0.2, -0.15) is 0 Å². The Bertz CT molecular complexity index is 679. The van der Waals surface area contributed by atoms with Gasteiger partial charge in [0.15, 0.2) is 0 Å². The number of aliphatic carboxylic acids is 1. The first-order chi connectivity index (χ1) is 11.1. The standard InChI is InChI=1S/C19H20ClNO2/c20-17-9-5-4-6-15(17)14-21-12-10-19(11-13-21,18(22)23)16-7-2-1-3-8-16/h1-9H,10-14H2,(H,22,23). The highest BCUT2D eigenvalue weighted by molar-refractivity contribution is 6.31. The summed E-state index contributed by atoms with van der Waals surface area (Å²) in [6.45, 7) is 2.28. The average molecular weight is 330 g/mol. The molecule has 1 aliphatic rings. The third-order valence-electron chi connectivity index (χ3n) is 4.80. The van der Waals surface area contributed by atoms with Gasteiger partial charge < -0.3 is 5.11 Å². The molecule has 2 aromatic rings. The zero-order valence-electron chi connectivity index (χ0n) is 12.9. The van der Waals surface area contributed by atoms with Crippen molar-refractivity contribution in [2.45, 2.75) is 24.8 Å². The first-order valence-electron chi connectivity index (χ1n) is 7.86. The van der Waals surface area contributed by atoms with Gasteiger partial charge in [0.2, 0.25) is 0 Å². The summed E-state index contributed by atoms with van der Waals surface area (Å²) >= 11 is 6.23. The van der Waals surface area contributed by atoms with Gasteiger partial charge in [-0.05, 0) is 43.1 Å². The smallest absolute Gasteiger partial charge is 0.314 e. The minimum absolute atomic E-state index is 0.622. The van der Waals surface area contributed by atoms with Gasteiger partial charge in [0.25, 0.3) is 0 Å². The van der Waals surface area contributed by atoms with Crippen molar-refractivity contribution in [2.24, 2.45) is 0 Å². The lowest BCUT2D eigenvalue weighted by atomic mass is 9.73. The molecule has 0 radical (unpaired) electrons. The largest absolute Gasteiger partial charge is 0.481 e. The van der Waals surface area contributed by atoms with E-state index in [0.717, 1.165) is 35.8 Å². The topological polar surface area (TPSA) is 40.5 Å². The van der Waals surface area contributed by atoms with Gasteiger partial charge in [0.05, 0.1) is 5.41 Å². The van der Waals surface area contributed by atoms with Crippen LogP contribution < -0.4 is 0 Å². The van der Waals surface area contributed by atoms with Gasteiger partial charge in [0.1, 0.15) is 0 Å². The second-order valence-corrected chi connectivity index (χ2v) is 6.53. The minimum Gasteiger partial charge on any atom is -0.481 e. The van der Waals surface area contributed by atoms with Gasteiger partial charge >= 0.3 is 5.97 Å². The zero-order valence-corrected chi connectivity index (χ0v) is 13.7. The fourth-order valence-corrected chi connectivity index (χ4v) is 3.54.